The Kier molecular flexibility index (Phi) is 5.38. The van der Waals surface area contributed by atoms with Crippen LogP contribution in [0, 0.1) is 25.2 Å². The van der Waals surface area contributed by atoms with Crippen LogP contribution in [-0.2, 0) is 4.74 Å². The lowest BCUT2D eigenvalue weighted by Gasteiger charge is -2.06. The molecule has 0 bridgehead atoms. The summed E-state index contributed by atoms with van der Waals surface area (Å²) in [7, 11) is 0. The van der Waals surface area contributed by atoms with Gasteiger partial charge in [-0.2, -0.15) is 5.26 Å². The van der Waals surface area contributed by atoms with Crippen molar-refractivity contribution in [3.05, 3.63) is 52.3 Å². The van der Waals surface area contributed by atoms with Crippen molar-refractivity contribution in [2.24, 2.45) is 0 Å². The molecule has 6 nitrogen and oxygen atoms in total. The first-order chi connectivity index (χ1) is 11.5. The summed E-state index contributed by atoms with van der Waals surface area (Å²) in [6.45, 7) is 5.21. The molecule has 0 radical (unpaired) electrons. The number of nitriles is 1. The van der Waals surface area contributed by atoms with Crippen LogP contribution in [0.4, 0.5) is 0 Å². The first-order valence-electron chi connectivity index (χ1n) is 7.50. The van der Waals surface area contributed by atoms with Gasteiger partial charge in [0.2, 0.25) is 5.78 Å². The van der Waals surface area contributed by atoms with Gasteiger partial charge in [-0.3, -0.25) is 4.79 Å². The van der Waals surface area contributed by atoms with Crippen molar-refractivity contribution in [1.29, 1.82) is 5.26 Å². The Morgan fingerprint density at radius 3 is 2.71 bits per heavy atom. The fourth-order valence-corrected chi connectivity index (χ4v) is 2.41. The maximum absolute atomic E-state index is 12.4. The third-order valence-corrected chi connectivity index (χ3v) is 3.53. The predicted octanol–water partition coefficient (Wildman–Crippen LogP) is 2.94. The van der Waals surface area contributed by atoms with Gasteiger partial charge in [0.1, 0.15) is 5.75 Å². The first-order valence-corrected chi connectivity index (χ1v) is 7.50. The first kappa shape index (κ1) is 17.3. The third kappa shape index (κ3) is 3.63. The second-order valence-corrected chi connectivity index (χ2v) is 5.20. The van der Waals surface area contributed by atoms with Gasteiger partial charge < -0.3 is 14.5 Å². The predicted molar refractivity (Wildman–Crippen MR) is 87.2 cm³/mol. The smallest absolute Gasteiger partial charge is 0.340 e. The van der Waals surface area contributed by atoms with Gasteiger partial charge in [0.05, 0.1) is 29.5 Å². The van der Waals surface area contributed by atoms with E-state index < -0.39 is 5.97 Å². The molecule has 0 atom stereocenters. The van der Waals surface area contributed by atoms with Crippen LogP contribution in [0.1, 0.15) is 44.6 Å². The van der Waals surface area contributed by atoms with Crippen molar-refractivity contribution in [3.8, 4) is 11.8 Å². The Balaban J connectivity index is 2.14. The minimum absolute atomic E-state index is 0.196. The van der Waals surface area contributed by atoms with E-state index in [0.29, 0.717) is 33.8 Å². The fraction of sp³-hybridized carbons (Fsp3) is 0.278. The normalized spacial score (nSPS) is 10.1. The molecule has 0 aliphatic rings. The maximum Gasteiger partial charge on any atom is 0.340 e. The van der Waals surface area contributed by atoms with Crippen molar-refractivity contribution < 1.29 is 19.1 Å². The summed E-state index contributed by atoms with van der Waals surface area (Å²) >= 11 is 0. The van der Waals surface area contributed by atoms with E-state index in [1.165, 1.54) is 0 Å². The van der Waals surface area contributed by atoms with Gasteiger partial charge in [-0.15, -0.1) is 0 Å². The molecular weight excluding hydrogens is 308 g/mol. The average Bonchev–Trinajstić information content (AvgIpc) is 2.87. The Labute approximate surface area is 140 Å². The molecule has 2 rings (SSSR count). The quantitative estimate of drug-likeness (QED) is 0.651. The molecule has 0 unspecified atom stereocenters. The molecule has 2 aromatic rings. The molecule has 0 saturated heterocycles. The van der Waals surface area contributed by atoms with Crippen LogP contribution < -0.4 is 4.74 Å². The number of H-pyrrole nitrogens is 1. The highest BCUT2D eigenvalue weighted by Gasteiger charge is 2.23. The summed E-state index contributed by atoms with van der Waals surface area (Å²) in [6.07, 6.45) is 0. The minimum Gasteiger partial charge on any atom is -0.485 e. The molecule has 0 amide bonds. The number of carbonyl (C=O) groups is 2. The van der Waals surface area contributed by atoms with Crippen LogP contribution in [0.25, 0.3) is 0 Å². The number of nitrogens with zero attached hydrogens (tertiary/aromatic N) is 1. The van der Waals surface area contributed by atoms with E-state index in [1.807, 2.05) is 6.07 Å². The molecule has 0 saturated carbocycles. The molecule has 24 heavy (non-hydrogen) atoms. The molecule has 124 valence electrons. The molecule has 0 aliphatic carbocycles. The lowest BCUT2D eigenvalue weighted by molar-refractivity contribution is 0.0525. The molecule has 1 aromatic heterocycles. The molecule has 0 fully saturated rings. The van der Waals surface area contributed by atoms with Crippen LogP contribution in [0.15, 0.2) is 24.3 Å². The van der Waals surface area contributed by atoms with Crippen molar-refractivity contribution in [2.45, 2.75) is 20.8 Å². The van der Waals surface area contributed by atoms with Crippen molar-refractivity contribution in [2.75, 3.05) is 13.2 Å². The largest absolute Gasteiger partial charge is 0.485 e. The molecule has 1 aromatic carbocycles. The van der Waals surface area contributed by atoms with Crippen molar-refractivity contribution >= 4 is 11.8 Å². The van der Waals surface area contributed by atoms with E-state index in [1.54, 1.807) is 45.0 Å². The molecule has 1 heterocycles. The topological polar surface area (TPSA) is 92.2 Å². The number of aromatic amines is 1. The van der Waals surface area contributed by atoms with Gasteiger partial charge in [0.15, 0.2) is 6.61 Å². The Morgan fingerprint density at radius 2 is 2.04 bits per heavy atom. The Bertz CT molecular complexity index is 815. The summed E-state index contributed by atoms with van der Waals surface area (Å²) in [6, 6.07) is 8.57. The van der Waals surface area contributed by atoms with Gasteiger partial charge in [-0.05, 0) is 44.5 Å². The monoisotopic (exact) mass is 326 g/mol. The van der Waals surface area contributed by atoms with Gasteiger partial charge in [-0.25, -0.2) is 4.79 Å². The second-order valence-electron chi connectivity index (χ2n) is 5.20. The van der Waals surface area contributed by atoms with Gasteiger partial charge in [0.25, 0.3) is 0 Å². The number of aromatic nitrogens is 1. The highest BCUT2D eigenvalue weighted by Crippen LogP contribution is 2.20. The number of Topliss-reactive ketones (excluding diaryl/α,β-unsaturated/α-hetero) is 1. The highest BCUT2D eigenvalue weighted by molar-refractivity contribution is 6.02. The van der Waals surface area contributed by atoms with E-state index in [2.05, 4.69) is 4.98 Å². The van der Waals surface area contributed by atoms with Gasteiger partial charge in [0, 0.05) is 5.69 Å². The number of esters is 1. The summed E-state index contributed by atoms with van der Waals surface area (Å²) in [4.78, 5) is 27.3. The lowest BCUT2D eigenvalue weighted by atomic mass is 10.1. The fourth-order valence-electron chi connectivity index (χ4n) is 2.41. The van der Waals surface area contributed by atoms with E-state index in [4.69, 9.17) is 14.7 Å². The van der Waals surface area contributed by atoms with E-state index in [-0.39, 0.29) is 19.0 Å². The van der Waals surface area contributed by atoms with Crippen molar-refractivity contribution in [3.63, 3.8) is 0 Å². The number of benzene rings is 1. The van der Waals surface area contributed by atoms with Crippen LogP contribution in [0.5, 0.6) is 5.75 Å². The summed E-state index contributed by atoms with van der Waals surface area (Å²) in [5.41, 5.74) is 2.29. The zero-order valence-electron chi connectivity index (χ0n) is 13.8. The number of nitrogens with one attached hydrogen (secondary N) is 1. The number of aryl methyl sites for hydroxylation is 1. The molecule has 0 aliphatic heterocycles. The van der Waals surface area contributed by atoms with Gasteiger partial charge in [-0.1, -0.05) is 6.07 Å². The number of carbonyl (C=O) groups excluding carboxylic acids is 2. The summed E-state index contributed by atoms with van der Waals surface area (Å²) in [5.74, 6) is -0.298. The van der Waals surface area contributed by atoms with E-state index >= 15 is 0 Å². The van der Waals surface area contributed by atoms with E-state index in [0.717, 1.165) is 0 Å². The number of hydrogen-bond acceptors (Lipinski definition) is 5. The summed E-state index contributed by atoms with van der Waals surface area (Å²) in [5, 5.41) is 8.86. The molecular formula is C18H18N2O4. The SMILES string of the molecule is CCOC(=O)c1c(C)[nH]c(C(=O)COc2cccc(C#N)c2)c1C. The molecule has 1 N–H and O–H groups in total. The number of hydrogen-bond donors (Lipinski definition) is 1. The zero-order chi connectivity index (χ0) is 17.7. The van der Waals surface area contributed by atoms with Gasteiger partial charge >= 0.3 is 5.97 Å². The maximum atomic E-state index is 12.4. The van der Waals surface area contributed by atoms with Crippen LogP contribution in [0.3, 0.4) is 0 Å². The highest BCUT2D eigenvalue weighted by atomic mass is 16.5. The average molecular weight is 326 g/mol. The number of ether oxygens (including phenoxy) is 2. The standard InChI is InChI=1S/C18H18N2O4/c1-4-23-18(22)16-11(2)17(20-12(16)3)15(21)10-24-14-7-5-6-13(8-14)9-19/h5-8,20H,4,10H2,1-3H3. The summed E-state index contributed by atoms with van der Waals surface area (Å²) < 4.78 is 10.4. The van der Waals surface area contributed by atoms with Crippen LogP contribution in [0.2, 0.25) is 0 Å². The molecule has 0 spiro atoms. The second kappa shape index (κ2) is 7.47. The van der Waals surface area contributed by atoms with E-state index in [9.17, 15) is 9.59 Å². The minimum atomic E-state index is -0.453. The Hall–Kier alpha value is -3.07. The molecule has 6 heteroatoms. The number of ketones is 1. The van der Waals surface area contributed by atoms with Crippen LogP contribution >= 0.6 is 0 Å². The van der Waals surface area contributed by atoms with Crippen molar-refractivity contribution in [1.82, 2.24) is 4.98 Å². The number of rotatable bonds is 6. The lowest BCUT2D eigenvalue weighted by Crippen LogP contribution is -2.13. The third-order valence-electron chi connectivity index (χ3n) is 3.53. The van der Waals surface area contributed by atoms with Crippen LogP contribution in [-0.4, -0.2) is 30.0 Å². The Morgan fingerprint density at radius 1 is 1.29 bits per heavy atom. The zero-order valence-corrected chi connectivity index (χ0v) is 13.8.